The lowest BCUT2D eigenvalue weighted by Gasteiger charge is -2.50. The topological polar surface area (TPSA) is 15.3 Å². The molecule has 2 nitrogen and oxygen atoms in total. The minimum atomic E-state index is 0.390. The van der Waals surface area contributed by atoms with Crippen LogP contribution in [-0.4, -0.2) is 36.1 Å². The van der Waals surface area contributed by atoms with Gasteiger partial charge in [-0.25, -0.2) is 0 Å². The van der Waals surface area contributed by atoms with E-state index in [-0.39, 0.29) is 0 Å². The highest BCUT2D eigenvalue weighted by molar-refractivity contribution is 7.07. The summed E-state index contributed by atoms with van der Waals surface area (Å²) in [5, 5.41) is 8.36. The molecule has 3 rings (SSSR count). The second kappa shape index (κ2) is 6.17. The van der Waals surface area contributed by atoms with Gasteiger partial charge in [0.15, 0.2) is 0 Å². The molecule has 2 fully saturated rings. The third-order valence-electron chi connectivity index (χ3n) is 5.54. The summed E-state index contributed by atoms with van der Waals surface area (Å²) in [4.78, 5) is 2.81. The summed E-state index contributed by atoms with van der Waals surface area (Å²) in [7, 11) is 0. The average molecular weight is 292 g/mol. The van der Waals surface area contributed by atoms with E-state index in [1.807, 2.05) is 11.3 Å². The van der Waals surface area contributed by atoms with Crippen molar-refractivity contribution in [3.63, 3.8) is 0 Å². The van der Waals surface area contributed by atoms with Crippen molar-refractivity contribution < 1.29 is 0 Å². The van der Waals surface area contributed by atoms with Crippen molar-refractivity contribution in [2.75, 3.05) is 19.6 Å². The number of nitrogens with one attached hydrogen (secondary N) is 1. The van der Waals surface area contributed by atoms with Gasteiger partial charge in [-0.2, -0.15) is 11.3 Å². The van der Waals surface area contributed by atoms with E-state index in [0.717, 1.165) is 12.0 Å². The Hall–Kier alpha value is -0.380. The lowest BCUT2D eigenvalue weighted by atomic mass is 9.86. The van der Waals surface area contributed by atoms with Crippen LogP contribution in [0.15, 0.2) is 16.8 Å². The van der Waals surface area contributed by atoms with Crippen LogP contribution in [0.5, 0.6) is 0 Å². The molecule has 1 saturated carbocycles. The van der Waals surface area contributed by atoms with Gasteiger partial charge >= 0.3 is 0 Å². The Morgan fingerprint density at radius 3 is 2.75 bits per heavy atom. The Kier molecular flexibility index (Phi) is 4.49. The maximum atomic E-state index is 3.86. The second-order valence-corrected chi connectivity index (χ2v) is 7.36. The first-order chi connectivity index (χ1) is 9.77. The van der Waals surface area contributed by atoms with Crippen molar-refractivity contribution in [2.45, 2.75) is 57.5 Å². The zero-order chi connectivity index (χ0) is 14.0. The Labute approximate surface area is 127 Å². The number of hydrogen-bond acceptors (Lipinski definition) is 3. The van der Waals surface area contributed by atoms with Gasteiger partial charge in [0.1, 0.15) is 0 Å². The van der Waals surface area contributed by atoms with Crippen LogP contribution in [0.3, 0.4) is 0 Å². The number of hydrogen-bond donors (Lipinski definition) is 1. The van der Waals surface area contributed by atoms with Crippen molar-refractivity contribution in [3.05, 3.63) is 22.4 Å². The molecule has 20 heavy (non-hydrogen) atoms. The second-order valence-electron chi connectivity index (χ2n) is 6.58. The van der Waals surface area contributed by atoms with Crippen molar-refractivity contribution in [1.29, 1.82) is 0 Å². The zero-order valence-corrected chi connectivity index (χ0v) is 13.7. The molecule has 1 atom stereocenters. The largest absolute Gasteiger partial charge is 0.311 e. The molecule has 3 heteroatoms. The molecular weight excluding hydrogens is 264 g/mol. The molecule has 112 valence electrons. The lowest BCUT2D eigenvalue weighted by Crippen LogP contribution is -2.65. The van der Waals surface area contributed by atoms with Gasteiger partial charge in [-0.1, -0.05) is 13.8 Å². The Bertz CT molecular complexity index is 407. The standard InChI is InChI=1S/C17H28N2S/c1-3-17(4-2)13-18-16(15-5-6-15)11-19(17)9-7-14-8-10-20-12-14/h8,10,12,15-16,18H,3-7,9,11,13H2,1-2H3. The van der Waals surface area contributed by atoms with E-state index in [1.165, 1.54) is 57.3 Å². The van der Waals surface area contributed by atoms with Crippen LogP contribution >= 0.6 is 11.3 Å². The van der Waals surface area contributed by atoms with E-state index in [0.29, 0.717) is 5.54 Å². The predicted octanol–water partition coefficient (Wildman–Crippen LogP) is 3.53. The SMILES string of the molecule is CCC1(CC)CNC(C2CC2)CN1CCc1ccsc1. The quantitative estimate of drug-likeness (QED) is 0.863. The Balaban J connectivity index is 1.66. The van der Waals surface area contributed by atoms with Crippen LogP contribution in [-0.2, 0) is 6.42 Å². The molecule has 0 radical (unpaired) electrons. The van der Waals surface area contributed by atoms with Crippen molar-refractivity contribution in [3.8, 4) is 0 Å². The molecule has 2 heterocycles. The van der Waals surface area contributed by atoms with Gasteiger partial charge in [0, 0.05) is 31.2 Å². The van der Waals surface area contributed by atoms with E-state index >= 15 is 0 Å². The molecule has 1 saturated heterocycles. The molecule has 1 N–H and O–H groups in total. The first-order valence-corrected chi connectivity index (χ1v) is 9.21. The summed E-state index contributed by atoms with van der Waals surface area (Å²) < 4.78 is 0. The fraction of sp³-hybridized carbons (Fsp3) is 0.765. The van der Waals surface area contributed by atoms with Gasteiger partial charge in [-0.15, -0.1) is 0 Å². The highest BCUT2D eigenvalue weighted by atomic mass is 32.1. The van der Waals surface area contributed by atoms with E-state index in [2.05, 4.69) is 40.9 Å². The maximum absolute atomic E-state index is 3.86. The molecule has 0 amide bonds. The molecular formula is C17H28N2S. The van der Waals surface area contributed by atoms with Crippen molar-refractivity contribution >= 4 is 11.3 Å². The van der Waals surface area contributed by atoms with Crippen LogP contribution in [0.1, 0.15) is 45.1 Å². The predicted molar refractivity (Wildman–Crippen MR) is 87.4 cm³/mol. The van der Waals surface area contributed by atoms with Gasteiger partial charge in [-0.05, 0) is 60.4 Å². The minimum absolute atomic E-state index is 0.390. The zero-order valence-electron chi connectivity index (χ0n) is 12.9. The highest BCUT2D eigenvalue weighted by Crippen LogP contribution is 2.37. The fourth-order valence-corrected chi connectivity index (χ4v) is 4.42. The third-order valence-corrected chi connectivity index (χ3v) is 6.27. The van der Waals surface area contributed by atoms with Gasteiger partial charge < -0.3 is 5.32 Å². The van der Waals surface area contributed by atoms with Crippen LogP contribution < -0.4 is 5.32 Å². The van der Waals surface area contributed by atoms with Crippen LogP contribution in [0.4, 0.5) is 0 Å². The summed E-state index contributed by atoms with van der Waals surface area (Å²) in [6.45, 7) is 8.39. The summed E-state index contributed by atoms with van der Waals surface area (Å²) in [5.74, 6) is 0.963. The third kappa shape index (κ3) is 2.95. The summed E-state index contributed by atoms with van der Waals surface area (Å²) in [6.07, 6.45) is 6.63. The van der Waals surface area contributed by atoms with Crippen molar-refractivity contribution in [2.24, 2.45) is 5.92 Å². The van der Waals surface area contributed by atoms with Crippen molar-refractivity contribution in [1.82, 2.24) is 10.2 Å². The number of nitrogens with zero attached hydrogens (tertiary/aromatic N) is 1. The highest BCUT2D eigenvalue weighted by Gasteiger charge is 2.42. The van der Waals surface area contributed by atoms with Gasteiger partial charge in [0.05, 0.1) is 0 Å². The van der Waals surface area contributed by atoms with Crippen LogP contribution in [0.2, 0.25) is 0 Å². The van der Waals surface area contributed by atoms with E-state index < -0.39 is 0 Å². The van der Waals surface area contributed by atoms with Gasteiger partial charge in [-0.3, -0.25) is 4.90 Å². The Morgan fingerprint density at radius 1 is 1.35 bits per heavy atom. The maximum Gasteiger partial charge on any atom is 0.0329 e. The molecule has 1 unspecified atom stereocenters. The minimum Gasteiger partial charge on any atom is -0.311 e. The lowest BCUT2D eigenvalue weighted by molar-refractivity contribution is 0.0283. The molecule has 1 aromatic rings. The Morgan fingerprint density at radius 2 is 2.15 bits per heavy atom. The summed E-state index contributed by atoms with van der Waals surface area (Å²) in [6, 6.07) is 3.04. The van der Waals surface area contributed by atoms with E-state index in [9.17, 15) is 0 Å². The molecule has 1 aliphatic carbocycles. The normalized spacial score (nSPS) is 26.8. The number of thiophene rings is 1. The number of rotatable bonds is 6. The monoisotopic (exact) mass is 292 g/mol. The van der Waals surface area contributed by atoms with Crippen LogP contribution in [0, 0.1) is 5.92 Å². The van der Waals surface area contributed by atoms with Gasteiger partial charge in [0.25, 0.3) is 0 Å². The fourth-order valence-electron chi connectivity index (χ4n) is 3.72. The molecule has 1 aliphatic heterocycles. The first-order valence-electron chi connectivity index (χ1n) is 8.27. The molecule has 0 aromatic carbocycles. The van der Waals surface area contributed by atoms with Crippen LogP contribution in [0.25, 0.3) is 0 Å². The molecule has 0 bridgehead atoms. The summed E-state index contributed by atoms with van der Waals surface area (Å²) >= 11 is 1.82. The first kappa shape index (κ1) is 14.6. The smallest absolute Gasteiger partial charge is 0.0329 e. The van der Waals surface area contributed by atoms with Gasteiger partial charge in [0.2, 0.25) is 0 Å². The average Bonchev–Trinajstić information content (AvgIpc) is 3.21. The van der Waals surface area contributed by atoms with E-state index in [1.54, 1.807) is 0 Å². The van der Waals surface area contributed by atoms with E-state index in [4.69, 9.17) is 0 Å². The molecule has 0 spiro atoms. The summed E-state index contributed by atoms with van der Waals surface area (Å²) in [5.41, 5.74) is 1.90. The number of piperazine rings is 1. The molecule has 2 aliphatic rings. The molecule has 1 aromatic heterocycles.